The van der Waals surface area contributed by atoms with Crippen molar-refractivity contribution in [3.63, 3.8) is 0 Å². The van der Waals surface area contributed by atoms with Gasteiger partial charge in [0, 0.05) is 32.7 Å². The third-order valence-electron chi connectivity index (χ3n) is 4.91. The number of piperazine rings is 1. The SMILES string of the molecule is COc1ccc([C@H](O)CN2CCN(c3cccccc3=O)CC2)cc1OC.Cl. The summed E-state index contributed by atoms with van der Waals surface area (Å²) < 4.78 is 10.6. The van der Waals surface area contributed by atoms with Crippen molar-refractivity contribution in [3.8, 4) is 11.5 Å². The Balaban J connectivity index is 0.00000280. The summed E-state index contributed by atoms with van der Waals surface area (Å²) in [5, 5.41) is 10.6. The van der Waals surface area contributed by atoms with Gasteiger partial charge in [-0.15, -0.1) is 12.4 Å². The first kappa shape index (κ1) is 22.0. The lowest BCUT2D eigenvalue weighted by Gasteiger charge is -2.36. The van der Waals surface area contributed by atoms with E-state index < -0.39 is 6.10 Å². The lowest BCUT2D eigenvalue weighted by Crippen LogP contribution is -2.48. The fourth-order valence-corrected chi connectivity index (χ4v) is 3.36. The molecule has 0 bridgehead atoms. The van der Waals surface area contributed by atoms with E-state index in [1.807, 2.05) is 30.3 Å². The second-order valence-corrected chi connectivity index (χ2v) is 6.58. The summed E-state index contributed by atoms with van der Waals surface area (Å²) in [6.45, 7) is 3.65. The Labute approximate surface area is 171 Å². The van der Waals surface area contributed by atoms with E-state index in [1.165, 1.54) is 0 Å². The molecular formula is C21H27ClN2O4. The van der Waals surface area contributed by atoms with Gasteiger partial charge in [0.1, 0.15) is 0 Å². The molecule has 0 aliphatic carbocycles. The van der Waals surface area contributed by atoms with Crippen molar-refractivity contribution in [3.05, 3.63) is 64.3 Å². The molecule has 1 aliphatic heterocycles. The number of nitrogens with zero attached hydrogens (tertiary/aromatic N) is 2. The van der Waals surface area contributed by atoms with Crippen molar-refractivity contribution in [2.45, 2.75) is 6.10 Å². The van der Waals surface area contributed by atoms with E-state index in [4.69, 9.17) is 9.47 Å². The first-order valence-corrected chi connectivity index (χ1v) is 9.09. The van der Waals surface area contributed by atoms with Crippen LogP contribution in [0.2, 0.25) is 0 Å². The molecule has 3 rings (SSSR count). The number of rotatable bonds is 6. The minimum absolute atomic E-state index is 0. The van der Waals surface area contributed by atoms with E-state index in [9.17, 15) is 9.90 Å². The van der Waals surface area contributed by atoms with Crippen molar-refractivity contribution in [2.24, 2.45) is 0 Å². The number of aliphatic hydroxyl groups excluding tert-OH is 1. The van der Waals surface area contributed by atoms with Crippen LogP contribution in [0.25, 0.3) is 0 Å². The standard InChI is InChI=1S/C21H26N2O4.ClH/c1-26-20-9-8-16(14-21(20)27-2)19(25)15-22-10-12-23(13-11-22)17-6-4-3-5-7-18(17)24;/h3-9,14,19,25H,10-13,15H2,1-2H3;1H/t19-;/m1./s1. The van der Waals surface area contributed by atoms with E-state index in [-0.39, 0.29) is 17.8 Å². The van der Waals surface area contributed by atoms with E-state index in [0.717, 1.165) is 37.4 Å². The summed E-state index contributed by atoms with van der Waals surface area (Å²) in [7, 11) is 3.18. The largest absolute Gasteiger partial charge is 0.493 e. The Bertz CT molecular complexity index is 825. The summed E-state index contributed by atoms with van der Waals surface area (Å²) in [5.74, 6) is 1.25. The molecule has 152 valence electrons. The molecule has 7 heteroatoms. The number of β-amino-alcohol motifs (C(OH)–C–C–N with tert-alkyl or cyclic N) is 1. The van der Waals surface area contributed by atoms with Gasteiger partial charge in [0.15, 0.2) is 11.5 Å². The maximum absolute atomic E-state index is 12.2. The third kappa shape index (κ3) is 5.16. The maximum atomic E-state index is 12.2. The predicted octanol–water partition coefficient (Wildman–Crippen LogP) is 2.34. The number of aliphatic hydroxyl groups is 1. The van der Waals surface area contributed by atoms with Crippen molar-refractivity contribution in [1.29, 1.82) is 0 Å². The molecule has 2 aromatic carbocycles. The van der Waals surface area contributed by atoms with Crippen LogP contribution in [0.3, 0.4) is 0 Å². The third-order valence-corrected chi connectivity index (χ3v) is 4.91. The molecule has 0 amide bonds. The van der Waals surface area contributed by atoms with Crippen LogP contribution in [0, 0.1) is 0 Å². The van der Waals surface area contributed by atoms with E-state index >= 15 is 0 Å². The quantitative estimate of drug-likeness (QED) is 0.794. The van der Waals surface area contributed by atoms with E-state index in [2.05, 4.69) is 9.80 Å². The molecule has 1 N–H and O–H groups in total. The van der Waals surface area contributed by atoms with Crippen LogP contribution < -0.4 is 19.8 Å². The van der Waals surface area contributed by atoms with Crippen LogP contribution >= 0.6 is 12.4 Å². The molecule has 1 atom stereocenters. The number of ether oxygens (including phenoxy) is 2. The minimum Gasteiger partial charge on any atom is -0.493 e. The zero-order chi connectivity index (χ0) is 19.2. The zero-order valence-electron chi connectivity index (χ0n) is 16.2. The zero-order valence-corrected chi connectivity index (χ0v) is 17.0. The molecule has 0 radical (unpaired) electrons. The second kappa shape index (κ2) is 10.3. The normalized spacial score (nSPS) is 15.5. The summed E-state index contributed by atoms with van der Waals surface area (Å²) in [6, 6.07) is 14.5. The summed E-state index contributed by atoms with van der Waals surface area (Å²) >= 11 is 0. The number of hydrogen-bond acceptors (Lipinski definition) is 6. The lowest BCUT2D eigenvalue weighted by atomic mass is 10.1. The van der Waals surface area contributed by atoms with Crippen molar-refractivity contribution in [1.82, 2.24) is 4.90 Å². The molecule has 1 heterocycles. The molecule has 0 unspecified atom stereocenters. The summed E-state index contributed by atoms with van der Waals surface area (Å²) in [5.41, 5.74) is 1.57. The number of methoxy groups -OCH3 is 2. The van der Waals surface area contributed by atoms with Crippen molar-refractivity contribution < 1.29 is 14.6 Å². The summed E-state index contributed by atoms with van der Waals surface area (Å²) in [4.78, 5) is 16.5. The van der Waals surface area contributed by atoms with Gasteiger partial charge < -0.3 is 19.5 Å². The molecule has 1 aliphatic rings. The van der Waals surface area contributed by atoms with Crippen LogP contribution in [-0.2, 0) is 0 Å². The van der Waals surface area contributed by atoms with Gasteiger partial charge in [-0.05, 0) is 29.8 Å². The van der Waals surface area contributed by atoms with Crippen molar-refractivity contribution in [2.75, 3.05) is 51.8 Å². The summed E-state index contributed by atoms with van der Waals surface area (Å²) in [6.07, 6.45) is -0.610. The number of benzene rings is 1. The highest BCUT2D eigenvalue weighted by molar-refractivity contribution is 5.85. The fraction of sp³-hybridized carbons (Fsp3) is 0.381. The van der Waals surface area contributed by atoms with Gasteiger partial charge in [0.25, 0.3) is 0 Å². The Hall–Kier alpha value is -2.28. The first-order valence-electron chi connectivity index (χ1n) is 9.09. The predicted molar refractivity (Wildman–Crippen MR) is 113 cm³/mol. The van der Waals surface area contributed by atoms with Crippen LogP contribution in [0.1, 0.15) is 11.7 Å². The molecule has 1 fully saturated rings. The Morgan fingerprint density at radius 3 is 2.32 bits per heavy atom. The highest BCUT2D eigenvalue weighted by atomic mass is 35.5. The molecule has 0 saturated carbocycles. The molecule has 2 aromatic rings. The fourth-order valence-electron chi connectivity index (χ4n) is 3.36. The Morgan fingerprint density at radius 1 is 0.964 bits per heavy atom. The average Bonchev–Trinajstić information content (AvgIpc) is 2.92. The van der Waals surface area contributed by atoms with Crippen LogP contribution in [0.15, 0.2) is 53.3 Å². The van der Waals surface area contributed by atoms with Gasteiger partial charge in [-0.2, -0.15) is 0 Å². The lowest BCUT2D eigenvalue weighted by molar-refractivity contribution is 0.109. The van der Waals surface area contributed by atoms with Crippen LogP contribution in [0.5, 0.6) is 11.5 Å². The van der Waals surface area contributed by atoms with E-state index in [1.54, 1.807) is 32.4 Å². The molecule has 28 heavy (non-hydrogen) atoms. The molecular weight excluding hydrogens is 380 g/mol. The van der Waals surface area contributed by atoms with Gasteiger partial charge >= 0.3 is 0 Å². The molecule has 1 saturated heterocycles. The minimum atomic E-state index is -0.610. The van der Waals surface area contributed by atoms with Gasteiger partial charge in [0.2, 0.25) is 5.43 Å². The number of halogens is 1. The smallest absolute Gasteiger partial charge is 0.201 e. The van der Waals surface area contributed by atoms with Crippen LogP contribution in [0.4, 0.5) is 5.69 Å². The molecule has 6 nitrogen and oxygen atoms in total. The topological polar surface area (TPSA) is 62.2 Å². The highest BCUT2D eigenvalue weighted by Gasteiger charge is 2.21. The second-order valence-electron chi connectivity index (χ2n) is 6.58. The highest BCUT2D eigenvalue weighted by Crippen LogP contribution is 2.30. The Kier molecular flexibility index (Phi) is 8.11. The van der Waals surface area contributed by atoms with Crippen LogP contribution in [-0.4, -0.2) is 56.9 Å². The van der Waals surface area contributed by atoms with Gasteiger partial charge in [-0.1, -0.05) is 24.3 Å². The van der Waals surface area contributed by atoms with Gasteiger partial charge in [-0.3, -0.25) is 9.69 Å². The van der Waals surface area contributed by atoms with Crippen molar-refractivity contribution >= 4 is 18.1 Å². The van der Waals surface area contributed by atoms with E-state index in [0.29, 0.717) is 18.0 Å². The monoisotopic (exact) mass is 406 g/mol. The Morgan fingerprint density at radius 2 is 1.64 bits per heavy atom. The molecule has 0 spiro atoms. The van der Waals surface area contributed by atoms with Gasteiger partial charge in [0.05, 0.1) is 26.0 Å². The number of anilines is 1. The molecule has 0 aromatic heterocycles. The number of hydrogen-bond donors (Lipinski definition) is 1. The first-order chi connectivity index (χ1) is 13.1. The average molecular weight is 407 g/mol. The van der Waals surface area contributed by atoms with Gasteiger partial charge in [-0.25, -0.2) is 0 Å². The maximum Gasteiger partial charge on any atom is 0.201 e.